The number of ether oxygens (including phenoxy) is 1. The fourth-order valence-electron chi connectivity index (χ4n) is 3.66. The highest BCUT2D eigenvalue weighted by Crippen LogP contribution is 2.22. The van der Waals surface area contributed by atoms with Crippen molar-refractivity contribution >= 4 is 23.2 Å². The molecule has 2 aromatic rings. The van der Waals surface area contributed by atoms with Crippen molar-refractivity contribution in [3.8, 4) is 0 Å². The molecule has 0 saturated carbocycles. The van der Waals surface area contributed by atoms with Gasteiger partial charge >= 0.3 is 0 Å². The minimum atomic E-state index is -0.173. The van der Waals surface area contributed by atoms with Crippen molar-refractivity contribution in [3.05, 3.63) is 42.2 Å². The zero-order valence-corrected chi connectivity index (χ0v) is 16.1. The van der Waals surface area contributed by atoms with E-state index >= 15 is 0 Å². The van der Waals surface area contributed by atoms with Gasteiger partial charge in [-0.1, -0.05) is 0 Å². The maximum Gasteiger partial charge on any atom is 0.254 e. The Kier molecular flexibility index (Phi) is 6.01. The van der Waals surface area contributed by atoms with Crippen LogP contribution in [0.2, 0.25) is 0 Å². The van der Waals surface area contributed by atoms with Crippen LogP contribution in [-0.4, -0.2) is 48.2 Å². The van der Waals surface area contributed by atoms with Gasteiger partial charge in [-0.15, -0.1) is 0 Å². The zero-order valence-electron chi connectivity index (χ0n) is 16.1. The van der Waals surface area contributed by atoms with Gasteiger partial charge < -0.3 is 20.3 Å². The number of amides is 1. The van der Waals surface area contributed by atoms with E-state index in [4.69, 9.17) is 4.74 Å². The number of carbonyl (C=O) groups excluding carboxylic acids is 1. The lowest BCUT2D eigenvalue weighted by atomic mass is 10.1. The largest absolute Gasteiger partial charge is 0.376 e. The normalized spacial score (nSPS) is 19.4. The Hall–Kier alpha value is -2.67. The molecule has 148 valence electrons. The number of benzene rings is 1. The molecule has 7 heteroatoms. The predicted octanol–water partition coefficient (Wildman–Crippen LogP) is 3.12. The molecule has 0 radical (unpaired) electrons. The maximum absolute atomic E-state index is 12.2. The number of hydrogen-bond acceptors (Lipinski definition) is 6. The quantitative estimate of drug-likeness (QED) is 0.800. The fraction of sp³-hybridized carbons (Fsp3) is 0.476. The van der Waals surface area contributed by atoms with E-state index in [0.29, 0.717) is 18.1 Å². The Balaban J connectivity index is 1.30. The molecule has 28 heavy (non-hydrogen) atoms. The highest BCUT2D eigenvalue weighted by Gasteiger charge is 2.17. The number of nitrogens with one attached hydrogen (secondary N) is 2. The Morgan fingerprint density at radius 3 is 2.50 bits per heavy atom. The molecule has 1 amide bonds. The number of anilines is 3. The van der Waals surface area contributed by atoms with Gasteiger partial charge in [-0.25, -0.2) is 9.97 Å². The second kappa shape index (κ2) is 9.01. The third-order valence-corrected chi connectivity index (χ3v) is 5.27. The summed E-state index contributed by atoms with van der Waals surface area (Å²) in [5, 5.41) is 6.06. The van der Waals surface area contributed by atoms with Crippen LogP contribution in [0.1, 0.15) is 42.5 Å². The summed E-state index contributed by atoms with van der Waals surface area (Å²) >= 11 is 0. The molecule has 1 aromatic heterocycles. The van der Waals surface area contributed by atoms with Crippen molar-refractivity contribution in [2.24, 2.45) is 0 Å². The van der Waals surface area contributed by atoms with E-state index in [1.165, 1.54) is 24.9 Å². The van der Waals surface area contributed by atoms with Crippen LogP contribution in [0.5, 0.6) is 0 Å². The van der Waals surface area contributed by atoms with Crippen molar-refractivity contribution in [2.45, 2.75) is 38.2 Å². The molecule has 0 spiro atoms. The van der Waals surface area contributed by atoms with E-state index in [9.17, 15) is 4.79 Å². The maximum atomic E-state index is 12.2. The van der Waals surface area contributed by atoms with E-state index in [2.05, 4.69) is 37.6 Å². The first kappa shape index (κ1) is 18.7. The first-order valence-corrected chi connectivity index (χ1v) is 10.1. The van der Waals surface area contributed by atoms with Gasteiger partial charge in [0.2, 0.25) is 5.95 Å². The van der Waals surface area contributed by atoms with Gasteiger partial charge in [-0.05, 0) is 56.4 Å². The molecular formula is C21H27N5O2. The van der Waals surface area contributed by atoms with Gasteiger partial charge in [0.25, 0.3) is 5.91 Å². The number of rotatable bonds is 6. The van der Waals surface area contributed by atoms with E-state index in [1.54, 1.807) is 12.4 Å². The smallest absolute Gasteiger partial charge is 0.254 e. The van der Waals surface area contributed by atoms with Gasteiger partial charge in [0.05, 0.1) is 11.7 Å². The van der Waals surface area contributed by atoms with Crippen LogP contribution >= 0.6 is 0 Å². The average molecular weight is 381 g/mol. The van der Waals surface area contributed by atoms with Crippen molar-refractivity contribution < 1.29 is 9.53 Å². The van der Waals surface area contributed by atoms with Crippen molar-refractivity contribution in [1.29, 1.82) is 0 Å². The van der Waals surface area contributed by atoms with E-state index in [-0.39, 0.29) is 12.0 Å². The molecule has 1 aromatic carbocycles. The zero-order chi connectivity index (χ0) is 19.2. The van der Waals surface area contributed by atoms with Crippen LogP contribution in [0.4, 0.5) is 17.3 Å². The predicted molar refractivity (Wildman–Crippen MR) is 109 cm³/mol. The van der Waals surface area contributed by atoms with Crippen molar-refractivity contribution in [1.82, 2.24) is 15.3 Å². The van der Waals surface area contributed by atoms with Gasteiger partial charge in [-0.3, -0.25) is 4.79 Å². The lowest BCUT2D eigenvalue weighted by Gasteiger charge is -2.28. The summed E-state index contributed by atoms with van der Waals surface area (Å²) in [7, 11) is 0. The molecular weight excluding hydrogens is 354 g/mol. The molecule has 2 saturated heterocycles. The highest BCUT2D eigenvalue weighted by molar-refractivity contribution is 5.93. The third kappa shape index (κ3) is 4.78. The van der Waals surface area contributed by atoms with Crippen LogP contribution in [0.15, 0.2) is 36.7 Å². The van der Waals surface area contributed by atoms with Gasteiger partial charge in [0.15, 0.2) is 0 Å². The molecule has 7 nitrogen and oxygen atoms in total. The Morgan fingerprint density at radius 1 is 1.07 bits per heavy atom. The summed E-state index contributed by atoms with van der Waals surface area (Å²) in [5.41, 5.74) is 2.63. The number of nitrogens with zero attached hydrogens (tertiary/aromatic N) is 3. The van der Waals surface area contributed by atoms with Crippen LogP contribution in [0.25, 0.3) is 0 Å². The molecule has 4 rings (SSSR count). The van der Waals surface area contributed by atoms with Crippen molar-refractivity contribution in [2.75, 3.05) is 36.5 Å². The van der Waals surface area contributed by atoms with Crippen LogP contribution in [-0.2, 0) is 4.74 Å². The molecule has 1 atom stereocenters. The van der Waals surface area contributed by atoms with Gasteiger partial charge in [-0.2, -0.15) is 0 Å². The second-order valence-electron chi connectivity index (χ2n) is 7.36. The molecule has 2 N–H and O–H groups in total. The Labute approximate surface area is 165 Å². The molecule has 2 aliphatic heterocycles. The number of aromatic nitrogens is 2. The molecule has 2 fully saturated rings. The molecule has 0 aliphatic carbocycles. The summed E-state index contributed by atoms with van der Waals surface area (Å²) < 4.78 is 5.51. The van der Waals surface area contributed by atoms with E-state index in [0.717, 1.165) is 38.2 Å². The Morgan fingerprint density at radius 2 is 1.82 bits per heavy atom. The summed E-state index contributed by atoms with van der Waals surface area (Å²) in [4.78, 5) is 23.1. The van der Waals surface area contributed by atoms with Crippen molar-refractivity contribution in [3.63, 3.8) is 0 Å². The topological polar surface area (TPSA) is 79.4 Å². The van der Waals surface area contributed by atoms with E-state index < -0.39 is 0 Å². The highest BCUT2D eigenvalue weighted by atomic mass is 16.5. The number of hydrogen-bond donors (Lipinski definition) is 2. The van der Waals surface area contributed by atoms with E-state index in [1.807, 2.05) is 12.1 Å². The SMILES string of the molecule is O=C(NCC1CCCO1)c1cnc(Nc2ccc(N3CCCCC3)cc2)nc1. The first-order valence-electron chi connectivity index (χ1n) is 10.1. The van der Waals surface area contributed by atoms with Gasteiger partial charge in [0.1, 0.15) is 0 Å². The monoisotopic (exact) mass is 381 g/mol. The van der Waals surface area contributed by atoms with Gasteiger partial charge in [0, 0.05) is 50.0 Å². The fourth-order valence-corrected chi connectivity index (χ4v) is 3.66. The van der Waals surface area contributed by atoms with Crippen LogP contribution in [0, 0.1) is 0 Å². The second-order valence-corrected chi connectivity index (χ2v) is 7.36. The lowest BCUT2D eigenvalue weighted by molar-refractivity contribution is 0.0857. The lowest BCUT2D eigenvalue weighted by Crippen LogP contribution is -2.31. The van der Waals surface area contributed by atoms with Crippen LogP contribution in [0.3, 0.4) is 0 Å². The number of piperidine rings is 1. The molecule has 0 bridgehead atoms. The first-order chi connectivity index (χ1) is 13.8. The molecule has 3 heterocycles. The molecule has 2 aliphatic rings. The summed E-state index contributed by atoms with van der Waals surface area (Å²) in [6.45, 7) is 3.57. The third-order valence-electron chi connectivity index (χ3n) is 5.27. The Bertz CT molecular complexity index is 766. The molecule has 1 unspecified atom stereocenters. The summed E-state index contributed by atoms with van der Waals surface area (Å²) in [5.74, 6) is 0.300. The summed E-state index contributed by atoms with van der Waals surface area (Å²) in [6.07, 6.45) is 9.13. The minimum absolute atomic E-state index is 0.124. The standard InChI is InChI=1S/C21H27N5O2/c27-20(22-15-19-5-4-12-28-19)16-13-23-21(24-14-16)25-17-6-8-18(9-7-17)26-10-2-1-3-11-26/h6-9,13-14,19H,1-5,10-12,15H2,(H,22,27)(H,23,24,25). The minimum Gasteiger partial charge on any atom is -0.376 e. The summed E-state index contributed by atoms with van der Waals surface area (Å²) in [6, 6.07) is 8.33. The number of carbonyl (C=O) groups is 1. The van der Waals surface area contributed by atoms with Crippen LogP contribution < -0.4 is 15.5 Å². The average Bonchev–Trinajstić information content (AvgIpc) is 3.27.